The van der Waals surface area contributed by atoms with Gasteiger partial charge in [0, 0.05) is 28.0 Å². The topological polar surface area (TPSA) is 92.8 Å². The maximum atomic E-state index is 13.2. The third-order valence-corrected chi connectivity index (χ3v) is 9.05. The van der Waals surface area contributed by atoms with Gasteiger partial charge in [-0.25, -0.2) is 13.2 Å². The van der Waals surface area contributed by atoms with Crippen molar-refractivity contribution in [3.8, 4) is 0 Å². The van der Waals surface area contributed by atoms with E-state index in [2.05, 4.69) is 10.8 Å². The zero-order valence-electron chi connectivity index (χ0n) is 17.5. The number of thiophene rings is 1. The largest absolute Gasteiger partial charge is 0.465 e. The highest BCUT2D eigenvalue weighted by Crippen LogP contribution is 2.38. The lowest BCUT2D eigenvalue weighted by Crippen LogP contribution is -2.39. The Balaban J connectivity index is 1.65. The third-order valence-electron chi connectivity index (χ3n) is 5.68. The lowest BCUT2D eigenvalue weighted by atomic mass is 9.92. The van der Waals surface area contributed by atoms with E-state index >= 15 is 0 Å². The van der Waals surface area contributed by atoms with Crippen molar-refractivity contribution in [3.63, 3.8) is 0 Å². The van der Waals surface area contributed by atoms with Crippen LogP contribution < -0.4 is 4.72 Å². The number of methoxy groups -OCH3 is 1. The van der Waals surface area contributed by atoms with Gasteiger partial charge in [0.25, 0.3) is 10.0 Å². The predicted molar refractivity (Wildman–Crippen MR) is 124 cm³/mol. The number of esters is 1. The standard InChI is InChI=1S/C22H23ClN2O5S2/c1-30-21(27)19-17-11-12-25(20(26)14-5-3-2-4-6-14)13-18(17)31-22(19)32(28,29)24-16-9-7-15(23)8-10-16/h2-3,7-10,14,24H,4-6,11-13H2,1H3/t14-/m1/s1. The zero-order valence-corrected chi connectivity index (χ0v) is 19.9. The highest BCUT2D eigenvalue weighted by molar-refractivity contribution is 7.94. The molecule has 0 bridgehead atoms. The molecule has 1 aliphatic carbocycles. The molecule has 7 nitrogen and oxygen atoms in total. The first kappa shape index (κ1) is 22.8. The second-order valence-corrected chi connectivity index (χ2v) is 11.2. The Morgan fingerprint density at radius 2 is 1.97 bits per heavy atom. The van der Waals surface area contributed by atoms with Gasteiger partial charge in [-0.1, -0.05) is 23.8 Å². The average molecular weight is 495 g/mol. The number of allylic oxidation sites excluding steroid dienone is 2. The molecule has 32 heavy (non-hydrogen) atoms. The number of nitrogens with zero attached hydrogens (tertiary/aromatic N) is 1. The van der Waals surface area contributed by atoms with Crippen LogP contribution in [0.15, 0.2) is 40.6 Å². The van der Waals surface area contributed by atoms with Crippen molar-refractivity contribution in [2.75, 3.05) is 18.4 Å². The minimum absolute atomic E-state index is 0.0450. The Labute approximate surface area is 196 Å². The Morgan fingerprint density at radius 1 is 1.22 bits per heavy atom. The fraction of sp³-hybridized carbons (Fsp3) is 0.364. The molecule has 0 fully saturated rings. The van der Waals surface area contributed by atoms with Crippen molar-refractivity contribution in [2.24, 2.45) is 5.92 Å². The van der Waals surface area contributed by atoms with Crippen LogP contribution in [0, 0.1) is 5.92 Å². The number of ether oxygens (including phenoxy) is 1. The molecule has 0 saturated carbocycles. The smallest absolute Gasteiger partial charge is 0.340 e. The molecular weight excluding hydrogens is 472 g/mol. The van der Waals surface area contributed by atoms with Crippen LogP contribution in [0.3, 0.4) is 0 Å². The number of benzene rings is 1. The zero-order chi connectivity index (χ0) is 22.9. The van der Waals surface area contributed by atoms with Crippen molar-refractivity contribution in [1.82, 2.24) is 4.90 Å². The molecule has 10 heteroatoms. The SMILES string of the molecule is COC(=O)c1c(S(=O)(=O)Nc2ccc(Cl)cc2)sc2c1CCN(C(=O)[C@@H]1CC=CCC1)C2. The number of fused-ring (bicyclic) bond motifs is 1. The van der Waals surface area contributed by atoms with Gasteiger partial charge >= 0.3 is 5.97 Å². The van der Waals surface area contributed by atoms with E-state index in [1.165, 1.54) is 7.11 Å². The van der Waals surface area contributed by atoms with Crippen LogP contribution in [0.2, 0.25) is 5.02 Å². The number of anilines is 1. The maximum absolute atomic E-state index is 13.2. The van der Waals surface area contributed by atoms with E-state index < -0.39 is 16.0 Å². The second kappa shape index (κ2) is 9.25. The Morgan fingerprint density at radius 3 is 2.62 bits per heavy atom. The summed E-state index contributed by atoms with van der Waals surface area (Å²) in [5.74, 6) is -0.663. The van der Waals surface area contributed by atoms with E-state index in [9.17, 15) is 18.0 Å². The first-order chi connectivity index (χ1) is 15.3. The van der Waals surface area contributed by atoms with Gasteiger partial charge in [-0.15, -0.1) is 11.3 Å². The molecule has 170 valence electrons. The van der Waals surface area contributed by atoms with E-state index in [0.29, 0.717) is 40.7 Å². The first-order valence-electron chi connectivity index (χ1n) is 10.2. The number of hydrogen-bond donors (Lipinski definition) is 1. The summed E-state index contributed by atoms with van der Waals surface area (Å²) in [6.07, 6.45) is 6.96. The predicted octanol–water partition coefficient (Wildman–Crippen LogP) is 4.23. The van der Waals surface area contributed by atoms with E-state index in [-0.39, 0.29) is 21.6 Å². The number of halogens is 1. The van der Waals surface area contributed by atoms with Gasteiger partial charge in [0.15, 0.2) is 4.21 Å². The van der Waals surface area contributed by atoms with Gasteiger partial charge in [-0.2, -0.15) is 0 Å². The molecule has 2 aliphatic rings. The monoisotopic (exact) mass is 494 g/mol. The minimum Gasteiger partial charge on any atom is -0.465 e. The number of carbonyl (C=O) groups is 2. The van der Waals surface area contributed by atoms with E-state index in [1.807, 2.05) is 6.08 Å². The molecule has 1 aromatic heterocycles. The fourth-order valence-electron chi connectivity index (χ4n) is 4.06. The summed E-state index contributed by atoms with van der Waals surface area (Å²) in [5.41, 5.74) is 1.03. The summed E-state index contributed by atoms with van der Waals surface area (Å²) in [5, 5.41) is 0.480. The number of nitrogens with one attached hydrogen (secondary N) is 1. The summed E-state index contributed by atoms with van der Waals surface area (Å²) in [6.45, 7) is 0.733. The first-order valence-corrected chi connectivity index (χ1v) is 12.9. The highest BCUT2D eigenvalue weighted by atomic mass is 35.5. The molecule has 1 aromatic carbocycles. The van der Waals surface area contributed by atoms with Gasteiger partial charge < -0.3 is 9.64 Å². The lowest BCUT2D eigenvalue weighted by molar-refractivity contribution is -0.136. The average Bonchev–Trinajstić information content (AvgIpc) is 3.20. The molecule has 4 rings (SSSR count). The Kier molecular flexibility index (Phi) is 6.60. The Bertz CT molecular complexity index is 1170. The molecule has 0 unspecified atom stereocenters. The molecular formula is C22H23ClN2O5S2. The maximum Gasteiger partial charge on any atom is 0.340 e. The quantitative estimate of drug-likeness (QED) is 0.496. The van der Waals surface area contributed by atoms with Gasteiger partial charge in [0.05, 0.1) is 19.2 Å². The van der Waals surface area contributed by atoms with Crippen LogP contribution in [-0.4, -0.2) is 38.8 Å². The molecule has 1 atom stereocenters. The summed E-state index contributed by atoms with van der Waals surface area (Å²) >= 11 is 6.89. The van der Waals surface area contributed by atoms with Crippen molar-refractivity contribution in [3.05, 3.63) is 57.4 Å². The van der Waals surface area contributed by atoms with Crippen LogP contribution in [0.1, 0.15) is 40.1 Å². The van der Waals surface area contributed by atoms with E-state index in [4.69, 9.17) is 16.3 Å². The van der Waals surface area contributed by atoms with E-state index in [1.54, 1.807) is 29.2 Å². The number of rotatable bonds is 5. The normalized spacial score (nSPS) is 18.2. The molecule has 2 heterocycles. The van der Waals surface area contributed by atoms with Crippen LogP contribution in [0.5, 0.6) is 0 Å². The molecule has 2 aromatic rings. The van der Waals surface area contributed by atoms with Crippen LogP contribution in [-0.2, 0) is 32.5 Å². The summed E-state index contributed by atoms with van der Waals surface area (Å²) < 4.78 is 33.7. The van der Waals surface area contributed by atoms with Gasteiger partial charge in [0.2, 0.25) is 5.91 Å². The fourth-order valence-corrected chi connectivity index (χ4v) is 7.15. The van der Waals surface area contributed by atoms with Crippen molar-refractivity contribution < 1.29 is 22.7 Å². The molecule has 1 amide bonds. The number of carbonyl (C=O) groups excluding carboxylic acids is 2. The van der Waals surface area contributed by atoms with Gasteiger partial charge in [0.1, 0.15) is 0 Å². The van der Waals surface area contributed by atoms with Gasteiger partial charge in [-0.3, -0.25) is 9.52 Å². The van der Waals surface area contributed by atoms with Crippen molar-refractivity contribution >= 4 is 50.5 Å². The highest BCUT2D eigenvalue weighted by Gasteiger charge is 2.36. The third kappa shape index (κ3) is 4.55. The number of sulfonamides is 1. The molecule has 0 radical (unpaired) electrons. The van der Waals surface area contributed by atoms with Crippen LogP contribution >= 0.6 is 22.9 Å². The van der Waals surface area contributed by atoms with E-state index in [0.717, 1.165) is 30.6 Å². The van der Waals surface area contributed by atoms with Gasteiger partial charge in [-0.05, 0) is 55.5 Å². The number of amides is 1. The summed E-state index contributed by atoms with van der Waals surface area (Å²) in [7, 11) is -2.83. The lowest BCUT2D eigenvalue weighted by Gasteiger charge is -2.31. The molecule has 0 spiro atoms. The summed E-state index contributed by atoms with van der Waals surface area (Å²) in [4.78, 5) is 28.0. The van der Waals surface area contributed by atoms with Crippen molar-refractivity contribution in [1.29, 1.82) is 0 Å². The number of hydrogen-bond acceptors (Lipinski definition) is 6. The summed E-state index contributed by atoms with van der Waals surface area (Å²) in [6, 6.07) is 6.24. The molecule has 0 saturated heterocycles. The minimum atomic E-state index is -4.05. The van der Waals surface area contributed by atoms with Crippen LogP contribution in [0.4, 0.5) is 5.69 Å². The Hall–Kier alpha value is -2.36. The van der Waals surface area contributed by atoms with Crippen LogP contribution in [0.25, 0.3) is 0 Å². The second-order valence-electron chi connectivity index (χ2n) is 7.76. The molecule has 1 aliphatic heterocycles. The molecule has 1 N–H and O–H groups in total. The van der Waals surface area contributed by atoms with Crippen molar-refractivity contribution in [2.45, 2.75) is 36.4 Å².